The van der Waals surface area contributed by atoms with E-state index in [1.54, 1.807) is 0 Å². The SMILES string of the molecule is CC(Sc1cccc(N)c1)C(=O)Nc1sc2c(c1C#N)CCN(Cc1ccccc1)C2. The average molecular weight is 449 g/mol. The van der Waals surface area contributed by atoms with Crippen LogP contribution in [0.15, 0.2) is 59.5 Å². The lowest BCUT2D eigenvalue weighted by molar-refractivity contribution is -0.115. The number of nitrogen functional groups attached to an aromatic ring is 1. The summed E-state index contributed by atoms with van der Waals surface area (Å²) >= 11 is 2.99. The number of carbonyl (C=O) groups is 1. The van der Waals surface area contributed by atoms with Crippen LogP contribution < -0.4 is 11.1 Å². The van der Waals surface area contributed by atoms with E-state index in [0.29, 0.717) is 16.3 Å². The number of hydrogen-bond acceptors (Lipinski definition) is 6. The van der Waals surface area contributed by atoms with Crippen LogP contribution in [-0.4, -0.2) is 22.6 Å². The molecule has 2 aromatic carbocycles. The smallest absolute Gasteiger partial charge is 0.238 e. The van der Waals surface area contributed by atoms with Crippen LogP contribution in [0.1, 0.15) is 28.5 Å². The van der Waals surface area contributed by atoms with E-state index in [1.165, 1.54) is 33.5 Å². The zero-order valence-corrected chi connectivity index (χ0v) is 18.9. The molecule has 0 saturated heterocycles. The second kappa shape index (κ2) is 9.56. The predicted molar refractivity (Wildman–Crippen MR) is 128 cm³/mol. The standard InChI is InChI=1S/C24H24N4OS2/c1-16(30-19-9-5-8-18(26)12-19)23(29)27-24-21(13-25)20-10-11-28(15-22(20)31-24)14-17-6-3-2-4-7-17/h2-9,12,16H,10-11,14-15,26H2,1H3,(H,27,29). The van der Waals surface area contributed by atoms with Crippen LogP contribution in [0.25, 0.3) is 0 Å². The Hall–Kier alpha value is -2.79. The number of nitrogens with zero attached hydrogens (tertiary/aromatic N) is 2. The van der Waals surface area contributed by atoms with E-state index in [4.69, 9.17) is 5.73 Å². The van der Waals surface area contributed by atoms with E-state index < -0.39 is 0 Å². The quantitative estimate of drug-likeness (QED) is 0.415. The molecule has 1 aliphatic rings. The van der Waals surface area contributed by atoms with Crippen LogP contribution >= 0.6 is 23.1 Å². The Bertz CT molecular complexity index is 1120. The highest BCUT2D eigenvalue weighted by Gasteiger charge is 2.26. The first-order valence-electron chi connectivity index (χ1n) is 10.2. The van der Waals surface area contributed by atoms with Crippen LogP contribution in [0.2, 0.25) is 0 Å². The van der Waals surface area contributed by atoms with Crippen LogP contribution in [0.4, 0.5) is 10.7 Å². The van der Waals surface area contributed by atoms with E-state index in [0.717, 1.165) is 36.5 Å². The third-order valence-corrected chi connectivity index (χ3v) is 7.50. The Kier molecular flexibility index (Phi) is 6.62. The van der Waals surface area contributed by atoms with Gasteiger partial charge in [-0.15, -0.1) is 23.1 Å². The Morgan fingerprint density at radius 2 is 2.10 bits per heavy atom. The fourth-order valence-electron chi connectivity index (χ4n) is 3.70. The molecule has 5 nitrogen and oxygen atoms in total. The molecule has 0 aliphatic carbocycles. The van der Waals surface area contributed by atoms with Gasteiger partial charge in [0.2, 0.25) is 5.91 Å². The van der Waals surface area contributed by atoms with Gasteiger partial charge in [-0.25, -0.2) is 0 Å². The molecule has 0 spiro atoms. The highest BCUT2D eigenvalue weighted by atomic mass is 32.2. The number of anilines is 2. The summed E-state index contributed by atoms with van der Waals surface area (Å²) in [5.41, 5.74) is 9.50. The van der Waals surface area contributed by atoms with Gasteiger partial charge in [0, 0.05) is 35.1 Å². The molecule has 0 saturated carbocycles. The third-order valence-electron chi connectivity index (χ3n) is 5.27. The van der Waals surface area contributed by atoms with Gasteiger partial charge < -0.3 is 11.1 Å². The number of carbonyl (C=O) groups excluding carboxylic acids is 1. The predicted octanol–water partition coefficient (Wildman–Crippen LogP) is 4.88. The largest absolute Gasteiger partial charge is 0.399 e. The van der Waals surface area contributed by atoms with Crippen molar-refractivity contribution < 1.29 is 4.79 Å². The Labute approximate surface area is 190 Å². The second-order valence-corrected chi connectivity index (χ2v) is 10.1. The van der Waals surface area contributed by atoms with Gasteiger partial charge in [-0.1, -0.05) is 36.4 Å². The lowest BCUT2D eigenvalue weighted by Gasteiger charge is -2.26. The first-order valence-corrected chi connectivity index (χ1v) is 11.9. The lowest BCUT2D eigenvalue weighted by atomic mass is 10.0. The molecule has 1 unspecified atom stereocenters. The monoisotopic (exact) mass is 448 g/mol. The Morgan fingerprint density at radius 3 is 2.84 bits per heavy atom. The van der Waals surface area contributed by atoms with Gasteiger partial charge in [0.1, 0.15) is 11.1 Å². The minimum atomic E-state index is -0.304. The van der Waals surface area contributed by atoms with Crippen molar-refractivity contribution in [3.8, 4) is 6.07 Å². The molecule has 0 radical (unpaired) electrons. The number of nitrogens with one attached hydrogen (secondary N) is 1. The molecule has 2 heterocycles. The van der Waals surface area contributed by atoms with E-state index in [1.807, 2.05) is 37.3 Å². The zero-order valence-electron chi connectivity index (χ0n) is 17.3. The maximum absolute atomic E-state index is 12.8. The number of rotatable bonds is 6. The number of nitriles is 1. The number of hydrogen-bond donors (Lipinski definition) is 2. The summed E-state index contributed by atoms with van der Waals surface area (Å²) in [6.07, 6.45) is 0.824. The molecule has 4 rings (SSSR count). The Morgan fingerprint density at radius 1 is 1.29 bits per heavy atom. The molecule has 3 aromatic rings. The summed E-state index contributed by atoms with van der Waals surface area (Å²) in [4.78, 5) is 17.3. The molecule has 31 heavy (non-hydrogen) atoms. The molecule has 0 fully saturated rings. The van der Waals surface area contributed by atoms with E-state index in [9.17, 15) is 10.1 Å². The van der Waals surface area contributed by atoms with Gasteiger partial charge in [0.05, 0.1) is 10.8 Å². The summed E-state index contributed by atoms with van der Waals surface area (Å²) in [6.45, 7) is 4.45. The molecule has 7 heteroatoms. The molecule has 1 amide bonds. The number of thioether (sulfide) groups is 1. The van der Waals surface area contributed by atoms with Gasteiger partial charge >= 0.3 is 0 Å². The van der Waals surface area contributed by atoms with Crippen LogP contribution in [0.3, 0.4) is 0 Å². The molecular weight excluding hydrogens is 424 g/mol. The fourth-order valence-corrected chi connectivity index (χ4v) is 5.88. The molecule has 1 aromatic heterocycles. The van der Waals surface area contributed by atoms with Crippen molar-refractivity contribution in [3.63, 3.8) is 0 Å². The van der Waals surface area contributed by atoms with Crippen molar-refractivity contribution in [2.24, 2.45) is 0 Å². The first kappa shape index (κ1) is 21.4. The van der Waals surface area contributed by atoms with Crippen molar-refractivity contribution in [3.05, 3.63) is 76.2 Å². The van der Waals surface area contributed by atoms with E-state index in [2.05, 4.69) is 40.6 Å². The zero-order chi connectivity index (χ0) is 21.8. The maximum Gasteiger partial charge on any atom is 0.238 e. The summed E-state index contributed by atoms with van der Waals surface area (Å²) in [7, 11) is 0. The van der Waals surface area contributed by atoms with Crippen LogP contribution in [0.5, 0.6) is 0 Å². The van der Waals surface area contributed by atoms with Crippen molar-refractivity contribution >= 4 is 39.7 Å². The number of benzene rings is 2. The van der Waals surface area contributed by atoms with E-state index >= 15 is 0 Å². The average Bonchev–Trinajstić information content (AvgIpc) is 3.10. The van der Waals surface area contributed by atoms with Crippen molar-refractivity contribution in [1.82, 2.24) is 4.90 Å². The Balaban J connectivity index is 1.45. The highest BCUT2D eigenvalue weighted by Crippen LogP contribution is 2.37. The van der Waals surface area contributed by atoms with Gasteiger partial charge in [-0.05, 0) is 42.7 Å². The highest BCUT2D eigenvalue weighted by molar-refractivity contribution is 8.00. The maximum atomic E-state index is 12.8. The number of thiophene rings is 1. The van der Waals surface area contributed by atoms with Crippen molar-refractivity contribution in [1.29, 1.82) is 5.26 Å². The third kappa shape index (κ3) is 5.10. The molecule has 158 valence electrons. The molecular formula is C24H24N4OS2. The summed E-state index contributed by atoms with van der Waals surface area (Å²) in [5, 5.41) is 13.1. The number of amides is 1. The lowest BCUT2D eigenvalue weighted by Crippen LogP contribution is -2.29. The normalized spacial score (nSPS) is 14.5. The second-order valence-electron chi connectivity index (χ2n) is 7.59. The van der Waals surface area contributed by atoms with Gasteiger partial charge in [-0.2, -0.15) is 5.26 Å². The number of fused-ring (bicyclic) bond motifs is 1. The van der Waals surface area contributed by atoms with Crippen LogP contribution in [0, 0.1) is 11.3 Å². The van der Waals surface area contributed by atoms with Gasteiger partial charge in [-0.3, -0.25) is 9.69 Å². The number of nitrogens with two attached hydrogens (primary N) is 1. The molecule has 1 atom stereocenters. The molecule has 1 aliphatic heterocycles. The molecule has 0 bridgehead atoms. The summed E-state index contributed by atoms with van der Waals surface area (Å²) < 4.78 is 0. The van der Waals surface area contributed by atoms with Crippen LogP contribution in [-0.2, 0) is 24.3 Å². The summed E-state index contributed by atoms with van der Waals surface area (Å²) in [5.74, 6) is -0.108. The molecule has 3 N–H and O–H groups in total. The summed E-state index contributed by atoms with van der Waals surface area (Å²) in [6, 6.07) is 20.2. The van der Waals surface area contributed by atoms with E-state index in [-0.39, 0.29) is 11.2 Å². The van der Waals surface area contributed by atoms with Crippen molar-refractivity contribution in [2.45, 2.75) is 36.6 Å². The topological polar surface area (TPSA) is 82.1 Å². The van der Waals surface area contributed by atoms with Gasteiger partial charge in [0.15, 0.2) is 0 Å². The fraction of sp³-hybridized carbons (Fsp3) is 0.250. The van der Waals surface area contributed by atoms with Gasteiger partial charge in [0.25, 0.3) is 0 Å². The minimum absolute atomic E-state index is 0.108. The minimum Gasteiger partial charge on any atom is -0.399 e. The van der Waals surface area contributed by atoms with Crippen molar-refractivity contribution in [2.75, 3.05) is 17.6 Å². The first-order chi connectivity index (χ1) is 15.0.